The molecular formula is C15H18N4. The van der Waals surface area contributed by atoms with Crippen molar-refractivity contribution in [2.45, 2.75) is 32.4 Å². The first kappa shape index (κ1) is 13.3. The third-order valence-electron chi connectivity index (χ3n) is 3.36. The van der Waals surface area contributed by atoms with E-state index in [9.17, 15) is 0 Å². The number of aromatic nitrogens is 2. The lowest BCUT2D eigenvalue weighted by Crippen LogP contribution is -2.32. The van der Waals surface area contributed by atoms with E-state index in [2.05, 4.69) is 49.2 Å². The maximum atomic E-state index is 9.13. The Morgan fingerprint density at radius 1 is 1.37 bits per heavy atom. The first-order valence-electron chi connectivity index (χ1n) is 6.42. The summed E-state index contributed by atoms with van der Waals surface area (Å²) in [6.07, 6.45) is 4.29. The van der Waals surface area contributed by atoms with Crippen LogP contribution in [0.25, 0.3) is 0 Å². The first-order chi connectivity index (χ1) is 9.17. The van der Waals surface area contributed by atoms with Crippen LogP contribution in [-0.4, -0.2) is 15.6 Å². The topological polar surface area (TPSA) is 67.6 Å². The molecule has 0 radical (unpaired) electrons. The number of imidazole rings is 1. The van der Waals surface area contributed by atoms with Gasteiger partial charge in [0.05, 0.1) is 6.04 Å². The summed E-state index contributed by atoms with van der Waals surface area (Å²) in [6.45, 7) is 4.10. The second-order valence-electron chi connectivity index (χ2n) is 4.70. The number of benzene rings is 1. The van der Waals surface area contributed by atoms with Crippen molar-refractivity contribution in [3.63, 3.8) is 0 Å². The van der Waals surface area contributed by atoms with Crippen molar-refractivity contribution in [3.8, 4) is 6.07 Å². The van der Waals surface area contributed by atoms with Gasteiger partial charge in [0.2, 0.25) is 5.82 Å². The van der Waals surface area contributed by atoms with Gasteiger partial charge in [-0.3, -0.25) is 0 Å². The lowest BCUT2D eigenvalue weighted by molar-refractivity contribution is 0.455. The average molecular weight is 254 g/mol. The number of rotatable bonds is 4. The van der Waals surface area contributed by atoms with Crippen LogP contribution in [0.3, 0.4) is 0 Å². The van der Waals surface area contributed by atoms with E-state index in [-0.39, 0.29) is 12.1 Å². The summed E-state index contributed by atoms with van der Waals surface area (Å²) in [6, 6.07) is 10.3. The molecule has 4 nitrogen and oxygen atoms in total. The van der Waals surface area contributed by atoms with Gasteiger partial charge < -0.3 is 10.3 Å². The fourth-order valence-electron chi connectivity index (χ4n) is 2.23. The molecule has 0 amide bonds. The predicted molar refractivity (Wildman–Crippen MR) is 74.5 cm³/mol. The normalized spacial score (nSPS) is 13.8. The minimum absolute atomic E-state index is 0.0518. The molecule has 1 aromatic carbocycles. The maximum Gasteiger partial charge on any atom is 0.213 e. The summed E-state index contributed by atoms with van der Waals surface area (Å²) in [4.78, 5) is 4.06. The quantitative estimate of drug-likeness (QED) is 0.910. The Kier molecular flexibility index (Phi) is 3.98. The Morgan fingerprint density at radius 2 is 2.05 bits per heavy atom. The fourth-order valence-corrected chi connectivity index (χ4v) is 2.23. The number of nitrogens with two attached hydrogens (primary N) is 1. The highest BCUT2D eigenvalue weighted by molar-refractivity contribution is 5.28. The van der Waals surface area contributed by atoms with Crippen LogP contribution in [-0.2, 0) is 0 Å². The molecule has 0 saturated heterocycles. The van der Waals surface area contributed by atoms with Crippen LogP contribution in [0.4, 0.5) is 0 Å². The highest BCUT2D eigenvalue weighted by Gasteiger charge is 2.22. The molecule has 2 unspecified atom stereocenters. The zero-order chi connectivity index (χ0) is 13.8. The number of aryl methyl sites for hydroxylation is 1. The van der Waals surface area contributed by atoms with Gasteiger partial charge in [-0.2, -0.15) is 5.26 Å². The molecule has 1 aromatic heterocycles. The van der Waals surface area contributed by atoms with Gasteiger partial charge in [-0.25, -0.2) is 4.98 Å². The van der Waals surface area contributed by atoms with Crippen molar-refractivity contribution in [3.05, 3.63) is 53.6 Å². The summed E-state index contributed by atoms with van der Waals surface area (Å²) in [5.74, 6) is 0.398. The van der Waals surface area contributed by atoms with Crippen LogP contribution < -0.4 is 5.73 Å². The van der Waals surface area contributed by atoms with Crippen molar-refractivity contribution < 1.29 is 0 Å². The fraction of sp³-hybridized carbons (Fsp3) is 0.333. The van der Waals surface area contributed by atoms with Crippen molar-refractivity contribution in [2.24, 2.45) is 5.73 Å². The Hall–Kier alpha value is -2.12. The Labute approximate surface area is 113 Å². The van der Waals surface area contributed by atoms with Crippen molar-refractivity contribution >= 4 is 0 Å². The summed E-state index contributed by atoms with van der Waals surface area (Å²) >= 11 is 0. The summed E-state index contributed by atoms with van der Waals surface area (Å²) < 4.78 is 1.86. The number of nitrogens with zero attached hydrogens (tertiary/aromatic N) is 3. The van der Waals surface area contributed by atoms with E-state index >= 15 is 0 Å². The van der Waals surface area contributed by atoms with Crippen molar-refractivity contribution in [2.75, 3.05) is 0 Å². The van der Waals surface area contributed by atoms with Gasteiger partial charge in [-0.1, -0.05) is 36.8 Å². The predicted octanol–water partition coefficient (Wildman–Crippen LogP) is 2.39. The number of hydrogen-bond acceptors (Lipinski definition) is 3. The minimum atomic E-state index is -0.0530. The van der Waals surface area contributed by atoms with Gasteiger partial charge in [-0.05, 0) is 18.9 Å². The molecule has 0 fully saturated rings. The molecule has 0 aliphatic rings. The first-order valence-corrected chi connectivity index (χ1v) is 6.42. The molecule has 0 bridgehead atoms. The van der Waals surface area contributed by atoms with Gasteiger partial charge in [0.1, 0.15) is 6.07 Å². The summed E-state index contributed by atoms with van der Waals surface area (Å²) in [7, 11) is 0. The monoisotopic (exact) mass is 254 g/mol. The standard InChI is InChI=1S/C15H18N4/c1-3-13(17)15(12-6-4-11(2)5-7-12)19-9-8-18-14(19)10-16/h4-9,13,15H,3,17H2,1-2H3. The van der Waals surface area contributed by atoms with Gasteiger partial charge in [0.15, 0.2) is 0 Å². The molecule has 2 rings (SSSR count). The molecule has 19 heavy (non-hydrogen) atoms. The van der Waals surface area contributed by atoms with E-state index in [0.717, 1.165) is 12.0 Å². The smallest absolute Gasteiger partial charge is 0.213 e. The molecule has 2 aromatic rings. The van der Waals surface area contributed by atoms with E-state index in [4.69, 9.17) is 11.0 Å². The van der Waals surface area contributed by atoms with Crippen molar-refractivity contribution in [1.29, 1.82) is 5.26 Å². The number of nitriles is 1. The van der Waals surface area contributed by atoms with Crippen LogP contribution in [0.5, 0.6) is 0 Å². The molecular weight excluding hydrogens is 236 g/mol. The molecule has 98 valence electrons. The van der Waals surface area contributed by atoms with Gasteiger partial charge >= 0.3 is 0 Å². The Balaban J connectivity index is 2.48. The van der Waals surface area contributed by atoms with Crippen LogP contribution >= 0.6 is 0 Å². The second-order valence-corrected chi connectivity index (χ2v) is 4.70. The lowest BCUT2D eigenvalue weighted by Gasteiger charge is -2.25. The molecule has 0 aliphatic heterocycles. The summed E-state index contributed by atoms with van der Waals surface area (Å²) in [5.41, 5.74) is 8.56. The third-order valence-corrected chi connectivity index (χ3v) is 3.36. The van der Waals surface area contributed by atoms with Crippen LogP contribution in [0.1, 0.15) is 36.3 Å². The molecule has 2 N–H and O–H groups in total. The molecule has 2 atom stereocenters. The zero-order valence-electron chi connectivity index (χ0n) is 11.2. The van der Waals surface area contributed by atoms with Crippen LogP contribution in [0.15, 0.2) is 36.7 Å². The number of hydrogen-bond donors (Lipinski definition) is 1. The van der Waals surface area contributed by atoms with Gasteiger partial charge in [0, 0.05) is 18.4 Å². The van der Waals surface area contributed by atoms with E-state index in [1.54, 1.807) is 6.20 Å². The molecule has 1 heterocycles. The Bertz CT molecular complexity index is 577. The highest BCUT2D eigenvalue weighted by atomic mass is 15.1. The van der Waals surface area contributed by atoms with Crippen molar-refractivity contribution in [1.82, 2.24) is 9.55 Å². The largest absolute Gasteiger partial charge is 0.326 e. The second kappa shape index (κ2) is 5.68. The van der Waals surface area contributed by atoms with Crippen LogP contribution in [0.2, 0.25) is 0 Å². The highest BCUT2D eigenvalue weighted by Crippen LogP contribution is 2.24. The zero-order valence-corrected chi connectivity index (χ0v) is 11.2. The molecule has 0 saturated carbocycles. The lowest BCUT2D eigenvalue weighted by atomic mass is 9.97. The van der Waals surface area contributed by atoms with Crippen LogP contribution in [0, 0.1) is 18.3 Å². The summed E-state index contributed by atoms with van der Waals surface area (Å²) in [5, 5.41) is 9.13. The third kappa shape index (κ3) is 2.67. The van der Waals surface area contributed by atoms with E-state index in [0.29, 0.717) is 5.82 Å². The maximum absolute atomic E-state index is 9.13. The van der Waals surface area contributed by atoms with E-state index in [1.165, 1.54) is 5.56 Å². The Morgan fingerprint density at radius 3 is 2.63 bits per heavy atom. The molecule has 4 heteroatoms. The molecule has 0 aliphatic carbocycles. The molecule has 0 spiro atoms. The van der Waals surface area contributed by atoms with Gasteiger partial charge in [-0.15, -0.1) is 0 Å². The van der Waals surface area contributed by atoms with E-state index < -0.39 is 0 Å². The van der Waals surface area contributed by atoms with Gasteiger partial charge in [0.25, 0.3) is 0 Å². The average Bonchev–Trinajstić information content (AvgIpc) is 2.89. The minimum Gasteiger partial charge on any atom is -0.326 e. The SMILES string of the molecule is CCC(N)C(c1ccc(C)cc1)n1ccnc1C#N. The van der Waals surface area contributed by atoms with E-state index in [1.807, 2.05) is 10.8 Å².